The lowest BCUT2D eigenvalue weighted by Gasteiger charge is -2.01. The summed E-state index contributed by atoms with van der Waals surface area (Å²) in [5.74, 6) is 0. The Bertz CT molecular complexity index is 875. The van der Waals surface area contributed by atoms with Crippen molar-refractivity contribution in [3.63, 3.8) is 0 Å². The van der Waals surface area contributed by atoms with Gasteiger partial charge in [0.25, 0.3) is 0 Å². The fraction of sp³-hybridized carbons (Fsp3) is 0.158. The van der Waals surface area contributed by atoms with Crippen molar-refractivity contribution in [2.24, 2.45) is 5.10 Å². The van der Waals surface area contributed by atoms with E-state index in [9.17, 15) is 4.79 Å². The van der Waals surface area contributed by atoms with Gasteiger partial charge in [0.2, 0.25) is 0 Å². The molecular weight excluding hydrogens is 330 g/mol. The number of pyridine rings is 1. The largest absolute Gasteiger partial charge is 0.449 e. The number of carbonyl (C=O) groups excluding carboxylic acids is 1. The lowest BCUT2D eigenvalue weighted by Crippen LogP contribution is -2.18. The van der Waals surface area contributed by atoms with Crippen molar-refractivity contribution < 1.29 is 9.53 Å². The monoisotopic (exact) mass is 349 g/mol. The van der Waals surface area contributed by atoms with Gasteiger partial charge in [0.05, 0.1) is 19.4 Å². The van der Waals surface area contributed by atoms with E-state index in [-0.39, 0.29) is 6.61 Å². The first-order valence-electron chi connectivity index (χ1n) is 8.24. The van der Waals surface area contributed by atoms with Crippen molar-refractivity contribution in [2.75, 3.05) is 6.61 Å². The summed E-state index contributed by atoms with van der Waals surface area (Å²) in [6, 6.07) is 13.8. The molecule has 0 unspecified atom stereocenters. The molecule has 0 aliphatic heterocycles. The Balaban J connectivity index is 1.86. The summed E-state index contributed by atoms with van der Waals surface area (Å²) in [6.45, 7) is 2.65. The summed E-state index contributed by atoms with van der Waals surface area (Å²) < 4.78 is 6.62. The van der Waals surface area contributed by atoms with Crippen LogP contribution >= 0.6 is 0 Å². The number of aromatic nitrogens is 3. The molecular formula is C19H19N5O2. The molecule has 132 valence electrons. The van der Waals surface area contributed by atoms with E-state index in [0.717, 1.165) is 22.4 Å². The number of rotatable bonds is 6. The first kappa shape index (κ1) is 17.3. The topological polar surface area (TPSA) is 81.4 Å². The second-order valence-electron chi connectivity index (χ2n) is 5.45. The molecule has 0 radical (unpaired) electrons. The van der Waals surface area contributed by atoms with Crippen molar-refractivity contribution in [1.29, 1.82) is 0 Å². The minimum absolute atomic E-state index is 0.289. The second-order valence-corrected chi connectivity index (χ2v) is 5.45. The van der Waals surface area contributed by atoms with Crippen LogP contribution in [0, 0.1) is 0 Å². The predicted molar refractivity (Wildman–Crippen MR) is 98.8 cm³/mol. The van der Waals surface area contributed by atoms with Gasteiger partial charge in [-0.3, -0.25) is 9.67 Å². The molecule has 2 heterocycles. The Morgan fingerprint density at radius 1 is 1.27 bits per heavy atom. The molecule has 7 nitrogen and oxygen atoms in total. The molecule has 26 heavy (non-hydrogen) atoms. The van der Waals surface area contributed by atoms with Crippen LogP contribution in [0.25, 0.3) is 11.3 Å². The summed E-state index contributed by atoms with van der Waals surface area (Å²) in [7, 11) is 0. The van der Waals surface area contributed by atoms with Gasteiger partial charge < -0.3 is 4.74 Å². The van der Waals surface area contributed by atoms with E-state index in [1.165, 1.54) is 0 Å². The third-order valence-corrected chi connectivity index (χ3v) is 3.55. The van der Waals surface area contributed by atoms with Crippen molar-refractivity contribution in [3.8, 4) is 11.3 Å². The molecule has 0 spiro atoms. The smallest absolute Gasteiger partial charge is 0.427 e. The van der Waals surface area contributed by atoms with Crippen LogP contribution in [0.15, 0.2) is 66.2 Å². The first-order chi connectivity index (χ1) is 12.8. The highest BCUT2D eigenvalue weighted by Crippen LogP contribution is 2.20. The summed E-state index contributed by atoms with van der Waals surface area (Å²) in [6.07, 6.45) is 6.29. The Morgan fingerprint density at radius 3 is 2.85 bits per heavy atom. The summed E-state index contributed by atoms with van der Waals surface area (Å²) in [5.41, 5.74) is 5.85. The van der Waals surface area contributed by atoms with Crippen LogP contribution in [0.4, 0.5) is 4.79 Å². The quantitative estimate of drug-likeness (QED) is 0.548. The molecule has 0 saturated carbocycles. The Labute approximate surface area is 151 Å². The van der Waals surface area contributed by atoms with Crippen LogP contribution in [0.5, 0.6) is 0 Å². The van der Waals surface area contributed by atoms with Gasteiger partial charge in [-0.1, -0.05) is 30.3 Å². The molecule has 7 heteroatoms. The highest BCUT2D eigenvalue weighted by atomic mass is 16.5. The molecule has 0 fully saturated rings. The van der Waals surface area contributed by atoms with Gasteiger partial charge in [0, 0.05) is 29.7 Å². The maximum Gasteiger partial charge on any atom is 0.427 e. The normalized spacial score (nSPS) is 10.8. The average molecular weight is 349 g/mol. The number of hydrogen-bond acceptors (Lipinski definition) is 5. The van der Waals surface area contributed by atoms with Crippen molar-refractivity contribution in [2.45, 2.75) is 13.5 Å². The molecule has 2 aromatic heterocycles. The minimum Gasteiger partial charge on any atom is -0.449 e. The summed E-state index contributed by atoms with van der Waals surface area (Å²) in [4.78, 5) is 15.5. The fourth-order valence-electron chi connectivity index (χ4n) is 2.43. The number of hydrazone groups is 1. The van der Waals surface area contributed by atoms with Crippen LogP contribution in [0.1, 0.15) is 18.1 Å². The standard InChI is InChI=1S/C19H19N5O2/c1-2-26-19(25)22-21-12-17-14-24(13-15-7-4-3-5-8-15)23-18(17)16-9-6-10-20-11-16/h3-12,14H,2,13H2,1H3,(H,22,25)/b21-12-. The summed E-state index contributed by atoms with van der Waals surface area (Å²) in [5, 5.41) is 8.59. The van der Waals surface area contributed by atoms with Crippen molar-refractivity contribution >= 4 is 12.3 Å². The molecule has 0 aliphatic rings. The Kier molecular flexibility index (Phi) is 5.72. The Morgan fingerprint density at radius 2 is 2.12 bits per heavy atom. The van der Waals surface area contributed by atoms with Gasteiger partial charge in [0.15, 0.2) is 0 Å². The number of nitrogens with zero attached hydrogens (tertiary/aromatic N) is 4. The highest BCUT2D eigenvalue weighted by molar-refractivity contribution is 5.88. The molecule has 1 N–H and O–H groups in total. The van der Waals surface area contributed by atoms with Gasteiger partial charge in [-0.05, 0) is 24.6 Å². The zero-order valence-electron chi connectivity index (χ0n) is 14.4. The minimum atomic E-state index is -0.594. The maximum atomic E-state index is 11.4. The average Bonchev–Trinajstić information content (AvgIpc) is 3.06. The van der Waals surface area contributed by atoms with Gasteiger partial charge >= 0.3 is 6.09 Å². The van der Waals surface area contributed by atoms with Gasteiger partial charge in [-0.25, -0.2) is 10.2 Å². The molecule has 0 aliphatic carbocycles. The molecule has 1 amide bonds. The maximum absolute atomic E-state index is 11.4. The molecule has 0 atom stereocenters. The highest BCUT2D eigenvalue weighted by Gasteiger charge is 2.10. The van der Waals surface area contributed by atoms with Gasteiger partial charge in [-0.15, -0.1) is 0 Å². The van der Waals surface area contributed by atoms with Crippen LogP contribution in [-0.4, -0.2) is 33.7 Å². The number of nitrogens with one attached hydrogen (secondary N) is 1. The number of hydrogen-bond donors (Lipinski definition) is 1. The molecule has 0 saturated heterocycles. The predicted octanol–water partition coefficient (Wildman–Crippen LogP) is 3.07. The van der Waals surface area contributed by atoms with Gasteiger partial charge in [-0.2, -0.15) is 10.2 Å². The first-order valence-corrected chi connectivity index (χ1v) is 8.24. The number of amides is 1. The SMILES string of the molecule is CCOC(=O)N/N=C\c1cn(Cc2ccccc2)nc1-c1cccnc1. The number of ether oxygens (including phenoxy) is 1. The lowest BCUT2D eigenvalue weighted by atomic mass is 10.1. The van der Waals surface area contributed by atoms with Crippen LogP contribution < -0.4 is 5.43 Å². The van der Waals surface area contributed by atoms with E-state index in [0.29, 0.717) is 6.54 Å². The molecule has 1 aromatic carbocycles. The zero-order chi connectivity index (χ0) is 18.2. The Hall–Kier alpha value is -3.48. The van der Waals surface area contributed by atoms with Crippen molar-refractivity contribution in [3.05, 3.63) is 72.2 Å². The van der Waals surface area contributed by atoms with E-state index in [2.05, 4.69) is 20.6 Å². The van der Waals surface area contributed by atoms with Crippen LogP contribution in [0.2, 0.25) is 0 Å². The fourth-order valence-corrected chi connectivity index (χ4v) is 2.43. The zero-order valence-corrected chi connectivity index (χ0v) is 14.4. The third kappa shape index (κ3) is 4.54. The van der Waals surface area contributed by atoms with Crippen molar-refractivity contribution in [1.82, 2.24) is 20.2 Å². The second kappa shape index (κ2) is 8.57. The lowest BCUT2D eigenvalue weighted by molar-refractivity contribution is 0.152. The number of benzene rings is 1. The van der Waals surface area contributed by atoms with Crippen LogP contribution in [-0.2, 0) is 11.3 Å². The van der Waals surface area contributed by atoms with E-state index < -0.39 is 6.09 Å². The summed E-state index contributed by atoms with van der Waals surface area (Å²) >= 11 is 0. The third-order valence-electron chi connectivity index (χ3n) is 3.55. The van der Waals surface area contributed by atoms with Gasteiger partial charge in [0.1, 0.15) is 5.69 Å². The van der Waals surface area contributed by atoms with E-state index in [4.69, 9.17) is 4.74 Å². The van der Waals surface area contributed by atoms with E-state index in [1.807, 2.05) is 53.3 Å². The molecule has 3 rings (SSSR count). The van der Waals surface area contributed by atoms with Crippen LogP contribution in [0.3, 0.4) is 0 Å². The molecule has 3 aromatic rings. The van der Waals surface area contributed by atoms with E-state index >= 15 is 0 Å². The molecule has 0 bridgehead atoms. The number of carbonyl (C=O) groups is 1. The van der Waals surface area contributed by atoms with E-state index in [1.54, 1.807) is 25.5 Å².